The number of carbonyl (C=O) groups excluding carboxylic acids is 1. The Labute approximate surface area is 82.2 Å². The fraction of sp³-hybridized carbons (Fsp3) is 0.750. The van der Waals surface area contributed by atoms with E-state index in [4.69, 9.17) is 0 Å². The summed E-state index contributed by atoms with van der Waals surface area (Å²) in [7, 11) is 0. The third-order valence-electron chi connectivity index (χ3n) is 2.19. The third-order valence-corrected chi connectivity index (χ3v) is 2.19. The van der Waals surface area contributed by atoms with Gasteiger partial charge >= 0.3 is 0 Å². The summed E-state index contributed by atoms with van der Waals surface area (Å²) in [4.78, 5) is 10.6. The molecule has 0 saturated carbocycles. The fourth-order valence-electron chi connectivity index (χ4n) is 1.37. The van der Waals surface area contributed by atoms with E-state index in [1.54, 1.807) is 6.92 Å². The first-order valence-electron chi connectivity index (χ1n) is 5.37. The lowest BCUT2D eigenvalue weighted by Gasteiger charge is -1.99. The number of hydrogen-bond acceptors (Lipinski definition) is 1. The Morgan fingerprint density at radius 1 is 1.08 bits per heavy atom. The molecule has 0 atom stereocenters. The van der Waals surface area contributed by atoms with Crippen LogP contribution in [0.25, 0.3) is 0 Å². The SMILES string of the molecule is C=CCCCCCCCCC(C)=O. The highest BCUT2D eigenvalue weighted by atomic mass is 16.1. The molecule has 1 nitrogen and oxygen atoms in total. The van der Waals surface area contributed by atoms with Gasteiger partial charge in [-0.25, -0.2) is 0 Å². The molecule has 0 rings (SSSR count). The summed E-state index contributed by atoms with van der Waals surface area (Å²) >= 11 is 0. The predicted molar refractivity (Wildman–Crippen MR) is 57.8 cm³/mol. The molecule has 0 aliphatic rings. The molecule has 0 aromatic rings. The van der Waals surface area contributed by atoms with Gasteiger partial charge in [0, 0.05) is 6.42 Å². The molecule has 0 aliphatic carbocycles. The normalized spacial score (nSPS) is 9.92. The van der Waals surface area contributed by atoms with Crippen LogP contribution in [0.2, 0.25) is 0 Å². The molecule has 0 heterocycles. The van der Waals surface area contributed by atoms with Crippen molar-refractivity contribution < 1.29 is 4.79 Å². The molecule has 76 valence electrons. The molecular formula is C12H22O. The molecule has 0 amide bonds. The van der Waals surface area contributed by atoms with E-state index in [0.717, 1.165) is 19.3 Å². The Morgan fingerprint density at radius 2 is 1.62 bits per heavy atom. The number of unbranched alkanes of at least 4 members (excludes halogenated alkanes) is 6. The second kappa shape index (κ2) is 9.50. The Bertz CT molecular complexity index is 138. The number of rotatable bonds is 9. The van der Waals surface area contributed by atoms with E-state index in [2.05, 4.69) is 6.58 Å². The van der Waals surface area contributed by atoms with Crippen LogP contribution in [0.4, 0.5) is 0 Å². The fourth-order valence-corrected chi connectivity index (χ4v) is 1.37. The minimum Gasteiger partial charge on any atom is -0.300 e. The molecule has 1 heteroatoms. The number of carbonyl (C=O) groups is 1. The number of Topliss-reactive ketones (excluding diaryl/α,β-unsaturated/α-hetero) is 1. The predicted octanol–water partition coefficient (Wildman–Crippen LogP) is 3.88. The first-order valence-corrected chi connectivity index (χ1v) is 5.37. The highest BCUT2D eigenvalue weighted by Crippen LogP contribution is 2.08. The zero-order valence-electron chi connectivity index (χ0n) is 8.85. The molecule has 0 unspecified atom stereocenters. The maximum Gasteiger partial charge on any atom is 0.129 e. The lowest BCUT2D eigenvalue weighted by Crippen LogP contribution is -1.89. The van der Waals surface area contributed by atoms with Crippen molar-refractivity contribution in [3.8, 4) is 0 Å². The monoisotopic (exact) mass is 182 g/mol. The summed E-state index contributed by atoms with van der Waals surface area (Å²) in [6, 6.07) is 0. The quantitative estimate of drug-likeness (QED) is 0.390. The van der Waals surface area contributed by atoms with Gasteiger partial charge in [0.05, 0.1) is 0 Å². The molecule has 0 N–H and O–H groups in total. The highest BCUT2D eigenvalue weighted by Gasteiger charge is 1.93. The smallest absolute Gasteiger partial charge is 0.129 e. The molecule has 0 spiro atoms. The van der Waals surface area contributed by atoms with E-state index in [1.807, 2.05) is 6.08 Å². The maximum absolute atomic E-state index is 10.6. The molecule has 0 radical (unpaired) electrons. The lowest BCUT2D eigenvalue weighted by atomic mass is 10.1. The van der Waals surface area contributed by atoms with Crippen molar-refractivity contribution in [1.29, 1.82) is 0 Å². The van der Waals surface area contributed by atoms with Gasteiger partial charge in [-0.1, -0.05) is 31.8 Å². The number of allylic oxidation sites excluding steroid dienone is 1. The van der Waals surface area contributed by atoms with Crippen LogP contribution in [0.3, 0.4) is 0 Å². The van der Waals surface area contributed by atoms with Gasteiger partial charge in [-0.2, -0.15) is 0 Å². The average molecular weight is 182 g/mol. The van der Waals surface area contributed by atoms with E-state index in [1.165, 1.54) is 32.1 Å². The van der Waals surface area contributed by atoms with Crippen LogP contribution < -0.4 is 0 Å². The Kier molecular flexibility index (Phi) is 9.07. The molecule has 0 saturated heterocycles. The topological polar surface area (TPSA) is 17.1 Å². The van der Waals surface area contributed by atoms with Crippen molar-refractivity contribution in [2.45, 2.75) is 58.3 Å². The summed E-state index contributed by atoms with van der Waals surface area (Å²) in [5, 5.41) is 0. The van der Waals surface area contributed by atoms with Crippen molar-refractivity contribution >= 4 is 5.78 Å². The van der Waals surface area contributed by atoms with Crippen molar-refractivity contribution in [3.05, 3.63) is 12.7 Å². The Hall–Kier alpha value is -0.590. The van der Waals surface area contributed by atoms with Crippen molar-refractivity contribution in [2.24, 2.45) is 0 Å². The van der Waals surface area contributed by atoms with Crippen LogP contribution in [0.15, 0.2) is 12.7 Å². The van der Waals surface area contributed by atoms with Crippen LogP contribution >= 0.6 is 0 Å². The van der Waals surface area contributed by atoms with Gasteiger partial charge in [0.25, 0.3) is 0 Å². The first kappa shape index (κ1) is 12.4. The molecule has 0 aliphatic heterocycles. The lowest BCUT2D eigenvalue weighted by molar-refractivity contribution is -0.117. The zero-order valence-corrected chi connectivity index (χ0v) is 8.85. The second-order valence-electron chi connectivity index (χ2n) is 3.65. The molecule has 0 fully saturated rings. The van der Waals surface area contributed by atoms with Gasteiger partial charge in [-0.3, -0.25) is 0 Å². The van der Waals surface area contributed by atoms with Gasteiger partial charge in [-0.05, 0) is 26.2 Å². The minimum absolute atomic E-state index is 0.326. The summed E-state index contributed by atoms with van der Waals surface area (Å²) in [6.07, 6.45) is 11.4. The third kappa shape index (κ3) is 11.4. The summed E-state index contributed by atoms with van der Waals surface area (Å²) < 4.78 is 0. The molecule has 13 heavy (non-hydrogen) atoms. The second-order valence-corrected chi connectivity index (χ2v) is 3.65. The summed E-state index contributed by atoms with van der Waals surface area (Å²) in [5.41, 5.74) is 0. The van der Waals surface area contributed by atoms with Crippen LogP contribution in [0, 0.1) is 0 Å². The molecular weight excluding hydrogens is 160 g/mol. The van der Waals surface area contributed by atoms with Crippen molar-refractivity contribution in [2.75, 3.05) is 0 Å². The van der Waals surface area contributed by atoms with Crippen LogP contribution in [-0.4, -0.2) is 5.78 Å². The zero-order chi connectivity index (χ0) is 9.94. The maximum atomic E-state index is 10.6. The number of ketones is 1. The Morgan fingerprint density at radius 3 is 2.15 bits per heavy atom. The van der Waals surface area contributed by atoms with Crippen molar-refractivity contribution in [1.82, 2.24) is 0 Å². The van der Waals surface area contributed by atoms with Gasteiger partial charge in [0.15, 0.2) is 0 Å². The van der Waals surface area contributed by atoms with Crippen LogP contribution in [-0.2, 0) is 4.79 Å². The van der Waals surface area contributed by atoms with Crippen LogP contribution in [0.1, 0.15) is 58.3 Å². The van der Waals surface area contributed by atoms with E-state index in [9.17, 15) is 4.79 Å². The highest BCUT2D eigenvalue weighted by molar-refractivity contribution is 5.75. The summed E-state index contributed by atoms with van der Waals surface area (Å²) in [5.74, 6) is 0.326. The molecule has 0 aromatic heterocycles. The average Bonchev–Trinajstić information content (AvgIpc) is 2.09. The van der Waals surface area contributed by atoms with Crippen molar-refractivity contribution in [3.63, 3.8) is 0 Å². The van der Waals surface area contributed by atoms with E-state index in [0.29, 0.717) is 5.78 Å². The first-order chi connectivity index (χ1) is 6.27. The van der Waals surface area contributed by atoms with Gasteiger partial charge in [0.2, 0.25) is 0 Å². The van der Waals surface area contributed by atoms with E-state index >= 15 is 0 Å². The largest absolute Gasteiger partial charge is 0.300 e. The minimum atomic E-state index is 0.326. The summed E-state index contributed by atoms with van der Waals surface area (Å²) in [6.45, 7) is 5.36. The number of hydrogen-bond donors (Lipinski definition) is 0. The molecule has 0 aromatic carbocycles. The van der Waals surface area contributed by atoms with Crippen LogP contribution in [0.5, 0.6) is 0 Å². The standard InChI is InChI=1S/C12H22O/c1-3-4-5-6-7-8-9-10-11-12(2)13/h3H,1,4-11H2,2H3. The van der Waals surface area contributed by atoms with Gasteiger partial charge in [-0.15, -0.1) is 6.58 Å². The van der Waals surface area contributed by atoms with Gasteiger partial charge < -0.3 is 4.79 Å². The van der Waals surface area contributed by atoms with Gasteiger partial charge in [0.1, 0.15) is 5.78 Å². The molecule has 0 bridgehead atoms. The van der Waals surface area contributed by atoms with E-state index in [-0.39, 0.29) is 0 Å². The Balaban J connectivity index is 2.91. The van der Waals surface area contributed by atoms with E-state index < -0.39 is 0 Å².